The maximum absolute atomic E-state index is 13.0. The average Bonchev–Trinajstić information content (AvgIpc) is 2.29. The summed E-state index contributed by atoms with van der Waals surface area (Å²) in [5.74, 6) is -0.856. The molecule has 0 aliphatic carbocycles. The largest absolute Gasteiger partial charge is 0.462 e. The van der Waals surface area contributed by atoms with E-state index in [1.54, 1.807) is 6.92 Å². The first-order chi connectivity index (χ1) is 8.11. The van der Waals surface area contributed by atoms with Crippen LogP contribution in [0.25, 0.3) is 10.9 Å². The number of hydrogen-bond acceptors (Lipinski definition) is 4. The number of nitrogens with zero attached hydrogens (tertiary/aromatic N) is 1. The number of benzene rings is 1. The molecule has 0 spiro atoms. The van der Waals surface area contributed by atoms with Crippen LogP contribution in [0.2, 0.25) is 0 Å². The molecule has 2 rings (SSSR count). The number of carbonyl (C=O) groups is 1. The predicted molar refractivity (Wildman–Crippen MR) is 62.1 cm³/mol. The number of esters is 1. The lowest BCUT2D eigenvalue weighted by Crippen LogP contribution is -2.09. The summed E-state index contributed by atoms with van der Waals surface area (Å²) in [7, 11) is 0. The number of carbonyl (C=O) groups excluding carboxylic acids is 1. The Balaban J connectivity index is 2.57. The van der Waals surface area contributed by atoms with Crippen LogP contribution < -0.4 is 5.73 Å². The molecular formula is C12H11FN2O2. The molecule has 1 aromatic carbocycles. The quantitative estimate of drug-likeness (QED) is 0.808. The molecule has 0 bridgehead atoms. The second-order valence-corrected chi connectivity index (χ2v) is 3.48. The van der Waals surface area contributed by atoms with Gasteiger partial charge in [-0.2, -0.15) is 0 Å². The summed E-state index contributed by atoms with van der Waals surface area (Å²) in [6, 6.07) is 5.58. The van der Waals surface area contributed by atoms with Crippen molar-refractivity contribution in [1.29, 1.82) is 0 Å². The maximum Gasteiger partial charge on any atom is 0.341 e. The molecule has 4 nitrogen and oxygen atoms in total. The Hall–Kier alpha value is -2.17. The zero-order valence-corrected chi connectivity index (χ0v) is 9.24. The van der Waals surface area contributed by atoms with Gasteiger partial charge in [0.15, 0.2) is 0 Å². The van der Waals surface area contributed by atoms with Crippen molar-refractivity contribution in [2.75, 3.05) is 12.3 Å². The summed E-state index contributed by atoms with van der Waals surface area (Å²) in [6.45, 7) is 1.95. The number of rotatable bonds is 2. The number of nitrogen functional groups attached to an aromatic ring is 1. The Bertz CT molecular complexity index is 584. The fourth-order valence-corrected chi connectivity index (χ4v) is 1.53. The Morgan fingerprint density at radius 1 is 1.47 bits per heavy atom. The topological polar surface area (TPSA) is 65.2 Å². The van der Waals surface area contributed by atoms with E-state index in [1.165, 1.54) is 24.3 Å². The Morgan fingerprint density at radius 3 is 2.94 bits per heavy atom. The molecule has 0 amide bonds. The van der Waals surface area contributed by atoms with Crippen molar-refractivity contribution in [1.82, 2.24) is 4.98 Å². The highest BCUT2D eigenvalue weighted by atomic mass is 19.1. The number of aromatic nitrogens is 1. The van der Waals surface area contributed by atoms with Gasteiger partial charge < -0.3 is 10.5 Å². The van der Waals surface area contributed by atoms with Gasteiger partial charge in [0.25, 0.3) is 0 Å². The van der Waals surface area contributed by atoms with Crippen molar-refractivity contribution >= 4 is 22.7 Å². The van der Waals surface area contributed by atoms with Crippen molar-refractivity contribution in [3.8, 4) is 0 Å². The van der Waals surface area contributed by atoms with Gasteiger partial charge in [-0.15, -0.1) is 0 Å². The van der Waals surface area contributed by atoms with Gasteiger partial charge in [-0.25, -0.2) is 14.2 Å². The van der Waals surface area contributed by atoms with E-state index in [0.717, 1.165) is 0 Å². The average molecular weight is 234 g/mol. The molecule has 0 aliphatic rings. The molecule has 0 saturated carbocycles. The Morgan fingerprint density at radius 2 is 2.24 bits per heavy atom. The van der Waals surface area contributed by atoms with Crippen LogP contribution >= 0.6 is 0 Å². The molecule has 88 valence electrons. The van der Waals surface area contributed by atoms with E-state index in [2.05, 4.69) is 4.98 Å². The van der Waals surface area contributed by atoms with Gasteiger partial charge >= 0.3 is 5.97 Å². The highest BCUT2D eigenvalue weighted by Gasteiger charge is 2.13. The summed E-state index contributed by atoms with van der Waals surface area (Å²) in [5.41, 5.74) is 6.35. The standard InChI is InChI=1S/C12H11FN2O2/c1-2-17-12(16)9-6-7-5-8(13)3-4-10(7)15-11(9)14/h3-6H,2H2,1H3,(H2,14,15). The molecule has 0 saturated heterocycles. The Kier molecular flexibility index (Phi) is 2.91. The third kappa shape index (κ3) is 2.18. The fourth-order valence-electron chi connectivity index (χ4n) is 1.53. The van der Waals surface area contributed by atoms with E-state index in [4.69, 9.17) is 10.5 Å². The van der Waals surface area contributed by atoms with Crippen LogP contribution in [0.4, 0.5) is 10.2 Å². The first-order valence-corrected chi connectivity index (χ1v) is 5.14. The minimum atomic E-state index is -0.552. The smallest absolute Gasteiger partial charge is 0.341 e. The third-order valence-electron chi connectivity index (χ3n) is 2.30. The van der Waals surface area contributed by atoms with Crippen LogP contribution in [-0.2, 0) is 4.74 Å². The second-order valence-electron chi connectivity index (χ2n) is 3.48. The lowest BCUT2D eigenvalue weighted by molar-refractivity contribution is 0.0527. The molecule has 0 atom stereocenters. The summed E-state index contributed by atoms with van der Waals surface area (Å²) < 4.78 is 17.9. The van der Waals surface area contributed by atoms with Crippen molar-refractivity contribution in [3.05, 3.63) is 35.6 Å². The third-order valence-corrected chi connectivity index (χ3v) is 2.30. The van der Waals surface area contributed by atoms with Gasteiger partial charge in [0.2, 0.25) is 0 Å². The fraction of sp³-hybridized carbons (Fsp3) is 0.167. The summed E-state index contributed by atoms with van der Waals surface area (Å²) >= 11 is 0. The van der Waals surface area contributed by atoms with Crippen LogP contribution in [0.15, 0.2) is 24.3 Å². The van der Waals surface area contributed by atoms with E-state index in [1.807, 2.05) is 0 Å². The number of halogens is 1. The van der Waals surface area contributed by atoms with Gasteiger partial charge in [0, 0.05) is 5.39 Å². The van der Waals surface area contributed by atoms with Gasteiger partial charge in [0.05, 0.1) is 12.1 Å². The number of pyridine rings is 1. The number of nitrogens with two attached hydrogens (primary N) is 1. The van der Waals surface area contributed by atoms with Crippen molar-refractivity contribution in [3.63, 3.8) is 0 Å². The number of anilines is 1. The summed E-state index contributed by atoms with van der Waals surface area (Å²) in [4.78, 5) is 15.6. The molecule has 0 unspecified atom stereocenters. The second kappa shape index (κ2) is 4.37. The lowest BCUT2D eigenvalue weighted by atomic mass is 10.1. The normalized spacial score (nSPS) is 10.5. The van der Waals surface area contributed by atoms with Gasteiger partial charge in [-0.1, -0.05) is 0 Å². The Labute approximate surface area is 97.2 Å². The van der Waals surface area contributed by atoms with Crippen LogP contribution in [0.1, 0.15) is 17.3 Å². The molecule has 0 radical (unpaired) electrons. The highest BCUT2D eigenvalue weighted by Crippen LogP contribution is 2.20. The van der Waals surface area contributed by atoms with Crippen molar-refractivity contribution in [2.45, 2.75) is 6.92 Å². The van der Waals surface area contributed by atoms with Crippen molar-refractivity contribution in [2.24, 2.45) is 0 Å². The molecule has 1 aromatic heterocycles. The molecular weight excluding hydrogens is 223 g/mol. The van der Waals surface area contributed by atoms with Crippen LogP contribution in [0, 0.1) is 5.82 Å². The van der Waals surface area contributed by atoms with Crippen LogP contribution in [0.3, 0.4) is 0 Å². The molecule has 5 heteroatoms. The van der Waals surface area contributed by atoms with E-state index in [0.29, 0.717) is 10.9 Å². The van der Waals surface area contributed by atoms with Gasteiger partial charge in [0.1, 0.15) is 17.2 Å². The molecule has 0 fully saturated rings. The van der Waals surface area contributed by atoms with E-state index in [-0.39, 0.29) is 23.8 Å². The minimum Gasteiger partial charge on any atom is -0.462 e. The molecule has 1 heterocycles. The van der Waals surface area contributed by atoms with Gasteiger partial charge in [-0.05, 0) is 31.2 Å². The molecule has 2 aromatic rings. The monoisotopic (exact) mass is 234 g/mol. The first kappa shape index (κ1) is 11.3. The van der Waals surface area contributed by atoms with Crippen LogP contribution in [-0.4, -0.2) is 17.6 Å². The van der Waals surface area contributed by atoms with E-state index < -0.39 is 5.97 Å². The minimum absolute atomic E-state index is 0.0857. The summed E-state index contributed by atoms with van der Waals surface area (Å²) in [5, 5.41) is 0.516. The molecule has 0 aliphatic heterocycles. The number of fused-ring (bicyclic) bond motifs is 1. The van der Waals surface area contributed by atoms with E-state index >= 15 is 0 Å². The first-order valence-electron chi connectivity index (χ1n) is 5.14. The molecule has 17 heavy (non-hydrogen) atoms. The van der Waals surface area contributed by atoms with E-state index in [9.17, 15) is 9.18 Å². The zero-order chi connectivity index (χ0) is 12.4. The molecule has 2 N–H and O–H groups in total. The predicted octanol–water partition coefficient (Wildman–Crippen LogP) is 2.13. The van der Waals surface area contributed by atoms with Crippen LogP contribution in [0.5, 0.6) is 0 Å². The highest BCUT2D eigenvalue weighted by molar-refractivity contribution is 5.98. The zero-order valence-electron chi connectivity index (χ0n) is 9.24. The lowest BCUT2D eigenvalue weighted by Gasteiger charge is -2.06. The maximum atomic E-state index is 13.0. The number of hydrogen-bond donors (Lipinski definition) is 1. The summed E-state index contributed by atoms with van der Waals surface area (Å²) in [6.07, 6.45) is 0. The number of ether oxygens (including phenoxy) is 1. The van der Waals surface area contributed by atoms with Gasteiger partial charge in [-0.3, -0.25) is 0 Å². The SMILES string of the molecule is CCOC(=O)c1cc2cc(F)ccc2nc1N. The van der Waals surface area contributed by atoms with Crippen molar-refractivity contribution < 1.29 is 13.9 Å².